The van der Waals surface area contributed by atoms with E-state index >= 15 is 0 Å². The Bertz CT molecular complexity index is 1160. The van der Waals surface area contributed by atoms with Crippen LogP contribution in [-0.4, -0.2) is 65.2 Å². The highest BCUT2D eigenvalue weighted by Gasteiger charge is 2.45. The lowest BCUT2D eigenvalue weighted by atomic mass is 9.87. The van der Waals surface area contributed by atoms with E-state index in [1.165, 1.54) is 0 Å². The molecule has 0 saturated carbocycles. The molecule has 0 aromatic heterocycles. The lowest BCUT2D eigenvalue weighted by Gasteiger charge is -2.28. The lowest BCUT2D eigenvalue weighted by Crippen LogP contribution is -2.46. The van der Waals surface area contributed by atoms with Gasteiger partial charge in [0.25, 0.3) is 0 Å². The summed E-state index contributed by atoms with van der Waals surface area (Å²) in [5.74, 6) is -0.532. The Morgan fingerprint density at radius 1 is 1.00 bits per heavy atom. The summed E-state index contributed by atoms with van der Waals surface area (Å²) in [6, 6.07) is 14.4. The third-order valence-electron chi connectivity index (χ3n) is 6.41. The highest BCUT2D eigenvalue weighted by molar-refractivity contribution is 7.96. The van der Waals surface area contributed by atoms with E-state index in [-0.39, 0.29) is 27.9 Å². The average molecular weight is 493 g/mol. The summed E-state index contributed by atoms with van der Waals surface area (Å²) in [7, 11) is -3.35. The van der Waals surface area contributed by atoms with Crippen LogP contribution in [0, 0.1) is 6.92 Å². The number of hydrogen-bond donors (Lipinski definition) is 1. The molecule has 1 fully saturated rings. The summed E-state index contributed by atoms with van der Waals surface area (Å²) in [4.78, 5) is 2.22. The molecule has 6 nitrogen and oxygen atoms in total. The van der Waals surface area contributed by atoms with Crippen molar-refractivity contribution in [2.24, 2.45) is 0 Å². The van der Waals surface area contributed by atoms with E-state index in [1.54, 1.807) is 12.1 Å². The molecular weight excluding hydrogens is 456 g/mol. The number of nitrogens with one attached hydrogen (secondary N) is 1. The Labute approximate surface area is 199 Å². The van der Waals surface area contributed by atoms with Crippen molar-refractivity contribution in [1.29, 1.82) is 0 Å². The van der Waals surface area contributed by atoms with Crippen LogP contribution in [0.5, 0.6) is 0 Å². The molecule has 1 saturated heterocycles. The van der Waals surface area contributed by atoms with Gasteiger partial charge in [-0.05, 0) is 49.7 Å². The number of rotatable bonds is 7. The largest absolute Gasteiger partial charge is 0.310 e. The van der Waals surface area contributed by atoms with Crippen LogP contribution in [0.2, 0.25) is 0 Å². The van der Waals surface area contributed by atoms with Crippen LogP contribution in [0.15, 0.2) is 53.4 Å². The minimum atomic E-state index is -3.81. The second kappa shape index (κ2) is 9.49. The predicted octanol–water partition coefficient (Wildman–Crippen LogP) is 3.12. The van der Waals surface area contributed by atoms with Crippen molar-refractivity contribution < 1.29 is 16.8 Å². The fourth-order valence-electron chi connectivity index (χ4n) is 4.28. The van der Waals surface area contributed by atoms with Gasteiger partial charge in [-0.15, -0.1) is 0 Å². The van der Waals surface area contributed by atoms with E-state index in [0.717, 1.165) is 16.7 Å². The van der Waals surface area contributed by atoms with Crippen LogP contribution < -0.4 is 5.32 Å². The first-order valence-electron chi connectivity index (χ1n) is 11.2. The number of nitrogens with zero attached hydrogens (tertiary/aromatic N) is 1. The number of hydrogen-bond acceptors (Lipinski definition) is 6. The van der Waals surface area contributed by atoms with Gasteiger partial charge in [0.15, 0.2) is 19.7 Å². The topological polar surface area (TPSA) is 83.5 Å². The van der Waals surface area contributed by atoms with Crippen molar-refractivity contribution in [1.82, 2.24) is 10.2 Å². The Balaban J connectivity index is 1.84. The van der Waals surface area contributed by atoms with Crippen LogP contribution in [0.4, 0.5) is 0 Å². The van der Waals surface area contributed by atoms with E-state index in [2.05, 4.69) is 43.1 Å². The van der Waals surface area contributed by atoms with Gasteiger partial charge in [0.2, 0.25) is 0 Å². The molecule has 1 N–H and O–H groups in total. The number of benzene rings is 2. The molecule has 0 amide bonds. The third kappa shape index (κ3) is 6.04. The number of likely N-dealkylation sites (N-methyl/N-ethyl adjacent to an activating group) is 1. The highest BCUT2D eigenvalue weighted by atomic mass is 32.2. The maximum Gasteiger partial charge on any atom is 0.183 e. The molecule has 3 atom stereocenters. The zero-order valence-corrected chi connectivity index (χ0v) is 22.0. The van der Waals surface area contributed by atoms with E-state index < -0.39 is 31.0 Å². The monoisotopic (exact) mass is 492 g/mol. The lowest BCUT2D eigenvalue weighted by molar-refractivity contribution is 0.282. The van der Waals surface area contributed by atoms with Gasteiger partial charge < -0.3 is 10.2 Å². The smallest absolute Gasteiger partial charge is 0.183 e. The zero-order chi connectivity index (χ0) is 24.6. The van der Waals surface area contributed by atoms with Crippen molar-refractivity contribution in [2.45, 2.75) is 55.3 Å². The van der Waals surface area contributed by atoms with Crippen molar-refractivity contribution in [3.8, 4) is 0 Å². The molecule has 182 valence electrons. The van der Waals surface area contributed by atoms with Crippen molar-refractivity contribution in [3.63, 3.8) is 0 Å². The highest BCUT2D eigenvalue weighted by Crippen LogP contribution is 2.29. The minimum absolute atomic E-state index is 0.0108. The maximum absolute atomic E-state index is 13.5. The summed E-state index contributed by atoms with van der Waals surface area (Å²) in [6.07, 6.45) is 0. The molecule has 2 aromatic carbocycles. The van der Waals surface area contributed by atoms with E-state index in [1.807, 2.05) is 45.3 Å². The fraction of sp³-hybridized carbons (Fsp3) is 0.520. The molecule has 1 unspecified atom stereocenters. The van der Waals surface area contributed by atoms with E-state index in [9.17, 15) is 16.8 Å². The summed E-state index contributed by atoms with van der Waals surface area (Å²) < 4.78 is 51.9. The molecule has 0 bridgehead atoms. The van der Waals surface area contributed by atoms with Crippen molar-refractivity contribution in [3.05, 3.63) is 65.2 Å². The molecule has 1 aliphatic heterocycles. The van der Waals surface area contributed by atoms with Gasteiger partial charge in [0, 0.05) is 18.6 Å². The average Bonchev–Trinajstić information content (AvgIpc) is 3.04. The minimum Gasteiger partial charge on any atom is -0.310 e. The Kier molecular flexibility index (Phi) is 7.44. The molecule has 3 rings (SSSR count). The maximum atomic E-state index is 13.5. The van der Waals surface area contributed by atoms with Gasteiger partial charge in [-0.1, -0.05) is 62.7 Å². The first-order valence-corrected chi connectivity index (χ1v) is 14.6. The van der Waals surface area contributed by atoms with Gasteiger partial charge in [-0.2, -0.15) is 0 Å². The van der Waals surface area contributed by atoms with Crippen LogP contribution in [0.1, 0.15) is 43.5 Å². The third-order valence-corrected chi connectivity index (χ3v) is 10.6. The summed E-state index contributed by atoms with van der Waals surface area (Å²) in [6.45, 7) is 8.67. The van der Waals surface area contributed by atoms with Crippen molar-refractivity contribution in [2.75, 3.05) is 32.1 Å². The van der Waals surface area contributed by atoms with Gasteiger partial charge in [-0.3, -0.25) is 0 Å². The van der Waals surface area contributed by atoms with Crippen molar-refractivity contribution >= 4 is 19.7 Å². The van der Waals surface area contributed by atoms with Crippen LogP contribution in [-0.2, 0) is 25.1 Å². The predicted molar refractivity (Wildman–Crippen MR) is 134 cm³/mol. The van der Waals surface area contributed by atoms with Crippen LogP contribution in [0.3, 0.4) is 0 Å². The second-order valence-corrected chi connectivity index (χ2v) is 14.7. The molecular formula is C25H36N2O4S2. The van der Waals surface area contributed by atoms with Gasteiger partial charge in [-0.25, -0.2) is 16.8 Å². The summed E-state index contributed by atoms with van der Waals surface area (Å²) in [5.41, 5.74) is 3.19. The first-order chi connectivity index (χ1) is 15.2. The van der Waals surface area contributed by atoms with E-state index in [0.29, 0.717) is 6.54 Å². The number of sulfone groups is 2. The Morgan fingerprint density at radius 2 is 1.58 bits per heavy atom. The van der Waals surface area contributed by atoms with Crippen LogP contribution >= 0.6 is 0 Å². The summed E-state index contributed by atoms with van der Waals surface area (Å²) >= 11 is 0. The van der Waals surface area contributed by atoms with Gasteiger partial charge in [0.05, 0.1) is 21.7 Å². The Hall–Kier alpha value is -1.74. The summed E-state index contributed by atoms with van der Waals surface area (Å²) in [5, 5.41) is 2.28. The molecule has 33 heavy (non-hydrogen) atoms. The molecule has 0 radical (unpaired) electrons. The Morgan fingerprint density at radius 3 is 2.09 bits per heavy atom. The quantitative estimate of drug-likeness (QED) is 0.639. The molecule has 8 heteroatoms. The fourth-order valence-corrected chi connectivity index (χ4v) is 9.00. The molecule has 1 aliphatic rings. The van der Waals surface area contributed by atoms with Crippen LogP contribution in [0.25, 0.3) is 0 Å². The normalized spacial score (nSPS) is 21.9. The molecule has 1 heterocycles. The standard InChI is InChI=1S/C25H36N2O4S2/c1-18-7-9-19(10-8-18)23(27(5)6)15-26-22-16-32(28,29)17-24(22)33(30,31)21-13-11-20(12-14-21)25(2,3)4/h7-14,22-24,26H,15-17H2,1-6H3/t22-,23?,24-/m0/s1. The second-order valence-electron chi connectivity index (χ2n) is 10.3. The first kappa shape index (κ1) is 25.9. The SMILES string of the molecule is Cc1ccc(C(CN[C@H]2CS(=O)(=O)C[C@@H]2S(=O)(=O)c2ccc(C(C)(C)C)cc2)N(C)C)cc1. The van der Waals surface area contributed by atoms with E-state index in [4.69, 9.17) is 0 Å². The zero-order valence-electron chi connectivity index (χ0n) is 20.4. The van der Waals surface area contributed by atoms with Gasteiger partial charge in [0.1, 0.15) is 0 Å². The number of aryl methyl sites for hydroxylation is 1. The molecule has 2 aromatic rings. The molecule has 0 aliphatic carbocycles. The molecule has 0 spiro atoms. The van der Waals surface area contributed by atoms with Gasteiger partial charge >= 0.3 is 0 Å².